The maximum atomic E-state index is 4.27. The second kappa shape index (κ2) is 7.19. The van der Waals surface area contributed by atoms with Gasteiger partial charge < -0.3 is 10.6 Å². The van der Waals surface area contributed by atoms with Gasteiger partial charge in [-0.05, 0) is 35.0 Å². The van der Waals surface area contributed by atoms with Crippen LogP contribution in [-0.2, 0) is 0 Å². The molecule has 0 saturated carbocycles. The van der Waals surface area contributed by atoms with Gasteiger partial charge in [0, 0.05) is 18.3 Å². The number of nitrogens with zero attached hydrogens (tertiary/aromatic N) is 2. The van der Waals surface area contributed by atoms with E-state index in [0.717, 1.165) is 35.5 Å². The number of hydrogen-bond donors (Lipinski definition) is 2. The predicted octanol–water partition coefficient (Wildman–Crippen LogP) is 3.61. The largest absolute Gasteiger partial charge is 0.372 e. The minimum absolute atomic E-state index is 0.268. The Labute approximate surface area is 122 Å². The van der Waals surface area contributed by atoms with E-state index in [1.165, 1.54) is 0 Å². The fourth-order valence-corrected chi connectivity index (χ4v) is 3.11. The first-order chi connectivity index (χ1) is 8.62. The highest BCUT2D eigenvalue weighted by molar-refractivity contribution is 9.10. The number of rotatable bonds is 7. The normalized spacial score (nSPS) is 11.4. The topological polar surface area (TPSA) is 49.8 Å². The maximum Gasteiger partial charge on any atom is 0.145 e. The lowest BCUT2D eigenvalue weighted by atomic mass is 10.0. The van der Waals surface area contributed by atoms with Crippen molar-refractivity contribution in [3.05, 3.63) is 10.8 Å². The number of anilines is 2. The number of nitrogens with one attached hydrogen (secondary N) is 2. The van der Waals surface area contributed by atoms with Gasteiger partial charge in [0.25, 0.3) is 0 Å². The molecule has 0 amide bonds. The number of hydrogen-bond acceptors (Lipinski definition) is 5. The molecule has 1 heterocycles. The van der Waals surface area contributed by atoms with E-state index in [0.29, 0.717) is 0 Å². The fourth-order valence-electron chi connectivity index (χ4n) is 1.77. The molecule has 102 valence electrons. The zero-order chi connectivity index (χ0) is 13.6. The molecular weight excluding hydrogens is 312 g/mol. The zero-order valence-corrected chi connectivity index (χ0v) is 13.8. The van der Waals surface area contributed by atoms with Gasteiger partial charge in [0.05, 0.1) is 0 Å². The highest BCUT2D eigenvalue weighted by atomic mass is 79.9. The summed E-state index contributed by atoms with van der Waals surface area (Å²) in [5.74, 6) is 1.64. The molecule has 0 radical (unpaired) electrons. The molecule has 2 N–H and O–H groups in total. The molecule has 1 rings (SSSR count). The average molecular weight is 333 g/mol. The summed E-state index contributed by atoms with van der Waals surface area (Å²) in [6, 6.07) is 0. The van der Waals surface area contributed by atoms with Crippen LogP contribution in [0, 0.1) is 0 Å². The zero-order valence-electron chi connectivity index (χ0n) is 11.4. The Hall–Kier alpha value is -0.490. The Morgan fingerprint density at radius 1 is 1.28 bits per heavy atom. The van der Waals surface area contributed by atoms with E-state index in [2.05, 4.69) is 56.6 Å². The van der Waals surface area contributed by atoms with Gasteiger partial charge in [0.15, 0.2) is 0 Å². The van der Waals surface area contributed by atoms with Gasteiger partial charge in [-0.2, -0.15) is 11.8 Å². The molecule has 0 spiro atoms. The van der Waals surface area contributed by atoms with Crippen molar-refractivity contribution in [3.8, 4) is 0 Å². The van der Waals surface area contributed by atoms with E-state index in [1.807, 2.05) is 18.8 Å². The number of thioether (sulfide) groups is 1. The lowest BCUT2D eigenvalue weighted by Gasteiger charge is -2.30. The minimum atomic E-state index is 0.268. The molecule has 0 unspecified atom stereocenters. The van der Waals surface area contributed by atoms with Crippen molar-refractivity contribution in [2.75, 3.05) is 30.5 Å². The van der Waals surface area contributed by atoms with Crippen LogP contribution in [0.2, 0.25) is 0 Å². The van der Waals surface area contributed by atoms with Crippen molar-refractivity contribution >= 4 is 39.3 Å². The first-order valence-corrected chi connectivity index (χ1v) is 8.11. The lowest BCUT2D eigenvalue weighted by Crippen LogP contribution is -2.32. The number of halogens is 1. The first kappa shape index (κ1) is 15.6. The monoisotopic (exact) mass is 332 g/mol. The van der Waals surface area contributed by atoms with E-state index in [1.54, 1.807) is 6.33 Å². The van der Waals surface area contributed by atoms with E-state index < -0.39 is 0 Å². The van der Waals surface area contributed by atoms with Gasteiger partial charge in [0.2, 0.25) is 0 Å². The molecule has 0 aliphatic carbocycles. The summed E-state index contributed by atoms with van der Waals surface area (Å²) >= 11 is 5.43. The van der Waals surface area contributed by atoms with Crippen LogP contribution in [0.4, 0.5) is 11.6 Å². The summed E-state index contributed by atoms with van der Waals surface area (Å²) in [6.45, 7) is 5.37. The molecular formula is C12H21BrN4S. The summed E-state index contributed by atoms with van der Waals surface area (Å²) in [5.41, 5.74) is 0. The molecule has 0 aromatic carbocycles. The Bertz CT molecular complexity index is 374. The third kappa shape index (κ3) is 3.51. The van der Waals surface area contributed by atoms with Crippen LogP contribution in [0.3, 0.4) is 0 Å². The molecule has 0 bridgehead atoms. The summed E-state index contributed by atoms with van der Waals surface area (Å²) in [5, 5.41) is 6.45. The van der Waals surface area contributed by atoms with Crippen molar-refractivity contribution in [1.29, 1.82) is 0 Å². The summed E-state index contributed by atoms with van der Waals surface area (Å²) < 4.78 is 1.15. The molecule has 0 saturated heterocycles. The summed E-state index contributed by atoms with van der Waals surface area (Å²) in [7, 11) is 1.85. The van der Waals surface area contributed by atoms with Gasteiger partial charge in [0.1, 0.15) is 22.4 Å². The SMILES string of the molecule is CCC(CC)(CNc1ncnc(NC)c1Br)SC. The third-order valence-electron chi connectivity index (χ3n) is 3.33. The van der Waals surface area contributed by atoms with Gasteiger partial charge in [-0.3, -0.25) is 0 Å². The van der Waals surface area contributed by atoms with Crippen molar-refractivity contribution in [2.24, 2.45) is 0 Å². The predicted molar refractivity (Wildman–Crippen MR) is 84.6 cm³/mol. The smallest absolute Gasteiger partial charge is 0.145 e. The van der Waals surface area contributed by atoms with Crippen molar-refractivity contribution in [3.63, 3.8) is 0 Å². The van der Waals surface area contributed by atoms with E-state index in [9.17, 15) is 0 Å². The minimum Gasteiger partial charge on any atom is -0.372 e. The van der Waals surface area contributed by atoms with Crippen LogP contribution in [0.5, 0.6) is 0 Å². The van der Waals surface area contributed by atoms with Crippen LogP contribution in [0.15, 0.2) is 10.8 Å². The molecule has 0 fully saturated rings. The van der Waals surface area contributed by atoms with Crippen LogP contribution in [0.1, 0.15) is 26.7 Å². The van der Waals surface area contributed by atoms with E-state index in [4.69, 9.17) is 0 Å². The third-order valence-corrected chi connectivity index (χ3v) is 5.66. The van der Waals surface area contributed by atoms with E-state index in [-0.39, 0.29) is 4.75 Å². The molecule has 0 aliphatic heterocycles. The molecule has 1 aromatic rings. The quantitative estimate of drug-likeness (QED) is 0.798. The van der Waals surface area contributed by atoms with Crippen LogP contribution in [-0.4, -0.2) is 34.6 Å². The summed E-state index contributed by atoms with van der Waals surface area (Å²) in [4.78, 5) is 8.42. The highest BCUT2D eigenvalue weighted by Gasteiger charge is 2.25. The maximum absolute atomic E-state index is 4.27. The van der Waals surface area contributed by atoms with Crippen molar-refractivity contribution < 1.29 is 0 Å². The molecule has 4 nitrogen and oxygen atoms in total. The Kier molecular flexibility index (Phi) is 6.21. The van der Waals surface area contributed by atoms with Gasteiger partial charge in [-0.25, -0.2) is 9.97 Å². The van der Waals surface area contributed by atoms with Crippen LogP contribution in [0.25, 0.3) is 0 Å². The van der Waals surface area contributed by atoms with Crippen molar-refractivity contribution in [2.45, 2.75) is 31.4 Å². The Morgan fingerprint density at radius 2 is 1.89 bits per heavy atom. The molecule has 0 aliphatic rings. The highest BCUT2D eigenvalue weighted by Crippen LogP contribution is 2.32. The molecule has 6 heteroatoms. The van der Waals surface area contributed by atoms with Gasteiger partial charge in [-0.1, -0.05) is 13.8 Å². The summed E-state index contributed by atoms with van der Waals surface area (Å²) in [6.07, 6.45) is 6.01. The average Bonchev–Trinajstić information content (AvgIpc) is 2.42. The fraction of sp³-hybridized carbons (Fsp3) is 0.667. The second-order valence-electron chi connectivity index (χ2n) is 4.08. The lowest BCUT2D eigenvalue weighted by molar-refractivity contribution is 0.573. The number of aromatic nitrogens is 2. The molecule has 1 aromatic heterocycles. The van der Waals surface area contributed by atoms with Gasteiger partial charge >= 0.3 is 0 Å². The van der Waals surface area contributed by atoms with E-state index >= 15 is 0 Å². The van der Waals surface area contributed by atoms with Gasteiger partial charge in [-0.15, -0.1) is 0 Å². The Morgan fingerprint density at radius 3 is 2.39 bits per heavy atom. The molecule has 0 atom stereocenters. The second-order valence-corrected chi connectivity index (χ2v) is 6.15. The standard InChI is InChI=1S/C12H21BrN4S/c1-5-12(6-2,18-4)7-15-11-9(13)10(14-3)16-8-17-11/h8H,5-7H2,1-4H3,(H2,14,15,16,17). The van der Waals surface area contributed by atoms with Crippen LogP contribution < -0.4 is 10.6 Å². The first-order valence-electron chi connectivity index (χ1n) is 6.09. The molecule has 18 heavy (non-hydrogen) atoms. The van der Waals surface area contributed by atoms with Crippen LogP contribution >= 0.6 is 27.7 Å². The van der Waals surface area contributed by atoms with Crippen molar-refractivity contribution in [1.82, 2.24) is 9.97 Å². The Balaban J connectivity index is 2.79.